The van der Waals surface area contributed by atoms with E-state index >= 15 is 0 Å². The maximum atomic E-state index is 3.05. The zero-order valence-electron chi connectivity index (χ0n) is 23.1. The highest BCUT2D eigenvalue weighted by atomic mass is 31.2. The van der Waals surface area contributed by atoms with Gasteiger partial charge in [-0.25, -0.2) is 0 Å². The molecule has 3 unspecified atom stereocenters. The molecule has 2 bridgehead atoms. The average Bonchev–Trinajstić information content (AvgIpc) is 3.22. The van der Waals surface area contributed by atoms with E-state index in [9.17, 15) is 0 Å². The molecular weight excluding hydrogens is 465 g/mol. The summed E-state index contributed by atoms with van der Waals surface area (Å²) in [6, 6.07) is 30.8. The lowest BCUT2D eigenvalue weighted by Gasteiger charge is -2.40. The van der Waals surface area contributed by atoms with Crippen LogP contribution in [0.5, 0.6) is 0 Å². The summed E-state index contributed by atoms with van der Waals surface area (Å²) in [5.41, 5.74) is 6.42. The number of rotatable bonds is 5. The summed E-state index contributed by atoms with van der Waals surface area (Å²) in [5.74, 6) is 3.15. The van der Waals surface area contributed by atoms with Crippen LogP contribution in [-0.2, 0) is 0 Å². The monoisotopic (exact) mass is 506 g/mol. The van der Waals surface area contributed by atoms with E-state index in [0.717, 1.165) is 11.8 Å². The fourth-order valence-corrected chi connectivity index (χ4v) is 15.2. The molecular formula is C35H41NP+. The molecule has 1 nitrogen and oxygen atoms in total. The fourth-order valence-electron chi connectivity index (χ4n) is 8.64. The minimum absolute atomic E-state index is 0.163. The predicted octanol–water partition coefficient (Wildman–Crippen LogP) is 8.80. The van der Waals surface area contributed by atoms with Crippen molar-refractivity contribution < 1.29 is 0 Å². The second-order valence-electron chi connectivity index (χ2n) is 12.7. The van der Waals surface area contributed by atoms with E-state index in [4.69, 9.17) is 0 Å². The molecule has 37 heavy (non-hydrogen) atoms. The van der Waals surface area contributed by atoms with E-state index in [-0.39, 0.29) is 5.28 Å². The number of fused-ring (bicyclic) bond motifs is 4. The molecule has 1 aliphatic heterocycles. The number of para-hydroxylation sites is 1. The molecule has 0 N–H and O–H groups in total. The molecule has 4 aliphatic rings. The molecule has 2 saturated carbocycles. The van der Waals surface area contributed by atoms with Crippen molar-refractivity contribution in [3.63, 3.8) is 0 Å². The highest BCUT2D eigenvalue weighted by Crippen LogP contribution is 2.91. The molecule has 0 saturated heterocycles. The van der Waals surface area contributed by atoms with Crippen LogP contribution in [0.3, 0.4) is 0 Å². The molecule has 0 radical (unpaired) electrons. The number of nitrogens with zero attached hydrogens (tertiary/aromatic N) is 1. The van der Waals surface area contributed by atoms with Crippen LogP contribution in [-0.4, -0.2) is 5.28 Å². The van der Waals surface area contributed by atoms with Crippen LogP contribution in [0.25, 0.3) is 0 Å². The molecule has 4 atom stereocenters. The van der Waals surface area contributed by atoms with Crippen molar-refractivity contribution in [3.05, 3.63) is 101 Å². The number of hydrogen-bond acceptors (Lipinski definition) is 1. The lowest BCUT2D eigenvalue weighted by molar-refractivity contribution is 0.604. The Morgan fingerprint density at radius 2 is 1.24 bits per heavy atom. The minimum atomic E-state index is -1.86. The van der Waals surface area contributed by atoms with E-state index in [1.165, 1.54) is 25.7 Å². The molecule has 1 heterocycles. The first-order valence-corrected chi connectivity index (χ1v) is 16.4. The Hall–Kier alpha value is -2.37. The molecule has 3 aromatic rings. The Labute approximate surface area is 224 Å². The summed E-state index contributed by atoms with van der Waals surface area (Å²) >= 11 is 0. The van der Waals surface area contributed by atoms with E-state index in [0.29, 0.717) is 17.8 Å². The summed E-state index contributed by atoms with van der Waals surface area (Å²) in [6.07, 6.45) is 5.41. The van der Waals surface area contributed by atoms with Gasteiger partial charge >= 0.3 is 0 Å². The second kappa shape index (κ2) is 8.31. The van der Waals surface area contributed by atoms with Crippen molar-refractivity contribution in [2.75, 3.05) is 4.90 Å². The van der Waals surface area contributed by atoms with Crippen LogP contribution >= 0.6 is 7.26 Å². The lowest BCUT2D eigenvalue weighted by Crippen LogP contribution is -2.44. The summed E-state index contributed by atoms with van der Waals surface area (Å²) in [5, 5.41) is 5.28. The molecule has 190 valence electrons. The highest BCUT2D eigenvalue weighted by Gasteiger charge is 2.84. The van der Waals surface area contributed by atoms with E-state index in [2.05, 4.69) is 118 Å². The first-order chi connectivity index (χ1) is 17.9. The summed E-state index contributed by atoms with van der Waals surface area (Å²) in [7, 11) is -1.86. The summed E-state index contributed by atoms with van der Waals surface area (Å²) in [4.78, 5) is 3.05. The largest absolute Gasteiger partial charge is 0.302 e. The zero-order chi connectivity index (χ0) is 25.5. The SMILES string of the molecule is CC(C)c1cccc(C(C)C)c1N1C2=C(C3CCC2C3)[P+](c2ccccc2)(c2ccccc2)[C@@]12CC2C. The molecule has 2 heteroatoms. The quantitative estimate of drug-likeness (QED) is 0.313. The molecule has 3 aromatic carbocycles. The van der Waals surface area contributed by atoms with Gasteiger partial charge in [-0.1, -0.05) is 89.2 Å². The Morgan fingerprint density at radius 3 is 1.73 bits per heavy atom. The Bertz CT molecular complexity index is 1310. The van der Waals surface area contributed by atoms with Gasteiger partial charge in [-0.3, -0.25) is 0 Å². The van der Waals surface area contributed by atoms with Crippen molar-refractivity contribution in [2.24, 2.45) is 17.8 Å². The van der Waals surface area contributed by atoms with Gasteiger partial charge in [0, 0.05) is 24.2 Å². The second-order valence-corrected chi connectivity index (χ2v) is 16.4. The van der Waals surface area contributed by atoms with Crippen LogP contribution < -0.4 is 15.5 Å². The van der Waals surface area contributed by atoms with Gasteiger partial charge in [0.15, 0.2) is 5.28 Å². The van der Waals surface area contributed by atoms with Crippen molar-refractivity contribution >= 4 is 23.6 Å². The third-order valence-electron chi connectivity index (χ3n) is 10.1. The van der Waals surface area contributed by atoms with Gasteiger partial charge in [0.1, 0.15) is 23.2 Å². The van der Waals surface area contributed by atoms with Gasteiger partial charge < -0.3 is 4.90 Å². The van der Waals surface area contributed by atoms with Gasteiger partial charge in [0.2, 0.25) is 0 Å². The molecule has 7 rings (SSSR count). The topological polar surface area (TPSA) is 3.24 Å². The number of anilines is 1. The standard InChI is InChI=1S/C35H41NP/c1-23(2)30-17-12-18-31(24(3)4)33(30)36-32-26-19-20-27(21-26)34(32)37(35(36)22-25(35)5,28-13-8-6-9-14-28)29-15-10-7-11-16-29/h6-18,23-27H,19-22H2,1-5H3/q+1/t25?,26?,27?,35-/m1/s1. The maximum Gasteiger partial charge on any atom is 0.171 e. The summed E-state index contributed by atoms with van der Waals surface area (Å²) in [6.45, 7) is 12.2. The molecule has 2 fully saturated rings. The van der Waals surface area contributed by atoms with Crippen molar-refractivity contribution in [1.29, 1.82) is 0 Å². The summed E-state index contributed by atoms with van der Waals surface area (Å²) < 4.78 is 0. The number of hydrogen-bond donors (Lipinski definition) is 0. The van der Waals surface area contributed by atoms with E-state index in [1.54, 1.807) is 33.1 Å². The smallest absolute Gasteiger partial charge is 0.171 e. The molecule has 0 aromatic heterocycles. The maximum absolute atomic E-state index is 3.05. The van der Waals surface area contributed by atoms with Crippen LogP contribution in [0.2, 0.25) is 0 Å². The molecule has 1 spiro atoms. The Kier molecular flexibility index (Phi) is 5.33. The van der Waals surface area contributed by atoms with Gasteiger partial charge in [-0.15, -0.1) is 0 Å². The van der Waals surface area contributed by atoms with Crippen LogP contribution in [0.1, 0.15) is 83.3 Å². The van der Waals surface area contributed by atoms with E-state index < -0.39 is 7.26 Å². The third-order valence-corrected chi connectivity index (χ3v) is 15.6. The highest BCUT2D eigenvalue weighted by molar-refractivity contribution is 7.95. The minimum Gasteiger partial charge on any atom is -0.302 e. The first kappa shape index (κ1) is 23.7. The fraction of sp³-hybridized carbons (Fsp3) is 0.429. The Morgan fingerprint density at radius 1 is 0.730 bits per heavy atom. The van der Waals surface area contributed by atoms with Crippen LogP contribution in [0.4, 0.5) is 5.69 Å². The van der Waals surface area contributed by atoms with Crippen molar-refractivity contribution in [1.82, 2.24) is 0 Å². The van der Waals surface area contributed by atoms with Gasteiger partial charge in [0.05, 0.1) is 11.4 Å². The molecule has 3 aliphatic carbocycles. The lowest BCUT2D eigenvalue weighted by atomic mass is 9.90. The average molecular weight is 507 g/mol. The van der Waals surface area contributed by atoms with E-state index in [1.807, 2.05) is 5.31 Å². The first-order valence-electron chi connectivity index (χ1n) is 14.6. The normalized spacial score (nSPS) is 29.2. The van der Waals surface area contributed by atoms with Crippen LogP contribution in [0, 0.1) is 17.8 Å². The van der Waals surface area contributed by atoms with Crippen LogP contribution in [0.15, 0.2) is 89.9 Å². The predicted molar refractivity (Wildman–Crippen MR) is 161 cm³/mol. The zero-order valence-corrected chi connectivity index (χ0v) is 24.0. The van der Waals surface area contributed by atoms with Gasteiger partial charge in [0.25, 0.3) is 0 Å². The number of benzene rings is 3. The molecule has 0 amide bonds. The van der Waals surface area contributed by atoms with Gasteiger partial charge in [-0.2, -0.15) is 0 Å². The number of allylic oxidation sites excluding steroid dienone is 2. The van der Waals surface area contributed by atoms with Crippen molar-refractivity contribution in [3.8, 4) is 0 Å². The van der Waals surface area contributed by atoms with Crippen molar-refractivity contribution in [2.45, 2.75) is 77.4 Å². The van der Waals surface area contributed by atoms with Gasteiger partial charge in [-0.05, 0) is 66.5 Å². The third kappa shape index (κ3) is 2.96. The Balaban J connectivity index is 1.62.